The van der Waals surface area contributed by atoms with Gasteiger partial charge in [-0.1, -0.05) is 33.1 Å². The number of amides is 2. The molecule has 0 radical (unpaired) electrons. The molecule has 0 saturated carbocycles. The summed E-state index contributed by atoms with van der Waals surface area (Å²) in [6, 6.07) is 1.68. The zero-order valence-electron chi connectivity index (χ0n) is 18.4. The number of nitrogens with zero attached hydrogens (tertiary/aromatic N) is 2. The minimum absolute atomic E-state index is 0.0785. The number of likely N-dealkylation sites (tertiary alicyclic amines) is 1. The topological polar surface area (TPSA) is 94.5 Å². The number of hydrogen-bond donors (Lipinski definition) is 2. The van der Waals surface area contributed by atoms with Gasteiger partial charge in [0.1, 0.15) is 12.3 Å². The van der Waals surface area contributed by atoms with Crippen molar-refractivity contribution < 1.29 is 14.3 Å². The molecule has 29 heavy (non-hydrogen) atoms. The largest absolute Gasteiger partial charge is 0.497 e. The molecule has 1 rings (SSSR count). The third-order valence-electron chi connectivity index (χ3n) is 4.26. The molecule has 1 heterocycles. The van der Waals surface area contributed by atoms with Gasteiger partial charge in [-0.05, 0) is 44.2 Å². The van der Waals surface area contributed by atoms with Crippen molar-refractivity contribution >= 4 is 12.3 Å². The van der Waals surface area contributed by atoms with Crippen LogP contribution in [0.15, 0.2) is 37.6 Å². The minimum atomic E-state index is -0.187. The number of methoxy groups -OCH3 is 1. The van der Waals surface area contributed by atoms with Crippen molar-refractivity contribution in [2.45, 2.75) is 39.2 Å². The lowest BCUT2D eigenvalue weighted by Gasteiger charge is -2.26. The Kier molecular flexibility index (Phi) is 18.5. The summed E-state index contributed by atoms with van der Waals surface area (Å²) in [5, 5.41) is 13.7. The number of hydrogen-bond acceptors (Lipinski definition) is 5. The monoisotopic (exact) mass is 406 g/mol. The summed E-state index contributed by atoms with van der Waals surface area (Å²) in [7, 11) is 3.31. The summed E-state index contributed by atoms with van der Waals surface area (Å²) in [6.07, 6.45) is 7.43. The molecule has 1 fully saturated rings. The van der Waals surface area contributed by atoms with Gasteiger partial charge in [0.2, 0.25) is 12.3 Å². The molecule has 1 aliphatic heterocycles. The molecule has 1 saturated heterocycles. The second-order valence-corrected chi connectivity index (χ2v) is 6.94. The summed E-state index contributed by atoms with van der Waals surface area (Å²) in [6.45, 7) is 16.6. The van der Waals surface area contributed by atoms with Crippen LogP contribution in [-0.4, -0.2) is 57.1 Å². The second-order valence-electron chi connectivity index (χ2n) is 6.94. The number of rotatable bonds is 9. The van der Waals surface area contributed by atoms with Crippen LogP contribution in [0.4, 0.5) is 0 Å². The van der Waals surface area contributed by atoms with Crippen molar-refractivity contribution in [2.24, 2.45) is 11.8 Å². The number of allylic oxidation sites excluding steroid dienone is 2. The Morgan fingerprint density at radius 2 is 1.93 bits per heavy atom. The molecule has 0 aromatic heterocycles. The van der Waals surface area contributed by atoms with E-state index in [2.05, 4.69) is 49.0 Å². The van der Waals surface area contributed by atoms with Crippen molar-refractivity contribution in [2.75, 3.05) is 33.8 Å². The number of carbonyl (C=O) groups excluding carboxylic acids is 2. The molecule has 0 aliphatic carbocycles. The molecule has 0 spiro atoms. The number of piperidine rings is 1. The molecular weight excluding hydrogens is 368 g/mol. The Hall–Kier alpha value is -2.59. The van der Waals surface area contributed by atoms with Crippen LogP contribution in [0.2, 0.25) is 0 Å². The van der Waals surface area contributed by atoms with Crippen LogP contribution in [-0.2, 0) is 14.3 Å². The van der Waals surface area contributed by atoms with Gasteiger partial charge >= 0.3 is 0 Å². The van der Waals surface area contributed by atoms with Crippen molar-refractivity contribution in [3.8, 4) is 6.07 Å². The van der Waals surface area contributed by atoms with Crippen LogP contribution >= 0.6 is 0 Å². The summed E-state index contributed by atoms with van der Waals surface area (Å²) < 4.78 is 4.59. The van der Waals surface area contributed by atoms with Crippen molar-refractivity contribution in [1.82, 2.24) is 15.5 Å². The van der Waals surface area contributed by atoms with Crippen LogP contribution in [0, 0.1) is 23.2 Å². The van der Waals surface area contributed by atoms with E-state index < -0.39 is 0 Å². The molecule has 1 atom stereocenters. The number of nitrogens with one attached hydrogen (secondary N) is 2. The predicted octanol–water partition coefficient (Wildman–Crippen LogP) is 2.63. The standard InChI is InChI=1S/C9H17N3O.C8H13NO.C5H8O/c1-7(2)6-8(11-3)9(13)12-5-4-10;1-2-8-3-5-9(7-10)6-4-8;1-4-5(2)6-3/h7-8,11H,5-6H2,1-3H3,(H,12,13);2,7-8H,1,3-6H2;4H,1-2H2,3H3. The predicted molar refractivity (Wildman–Crippen MR) is 118 cm³/mol. The van der Waals surface area contributed by atoms with E-state index in [4.69, 9.17) is 5.26 Å². The Morgan fingerprint density at radius 3 is 2.24 bits per heavy atom. The van der Waals surface area contributed by atoms with Gasteiger partial charge in [0.25, 0.3) is 0 Å². The van der Waals surface area contributed by atoms with Crippen LogP contribution in [0.5, 0.6) is 0 Å². The fraction of sp³-hybridized carbons (Fsp3) is 0.591. The highest BCUT2D eigenvalue weighted by molar-refractivity contribution is 5.81. The molecule has 0 aromatic carbocycles. The fourth-order valence-electron chi connectivity index (χ4n) is 2.42. The molecule has 164 valence electrons. The molecule has 1 unspecified atom stereocenters. The SMILES string of the molecule is C=CC(=C)OC.C=CC1CCN(C=O)CC1.CNC(CC(C)C)C(=O)NCC#N. The van der Waals surface area contributed by atoms with E-state index in [9.17, 15) is 9.59 Å². The first-order chi connectivity index (χ1) is 13.8. The van der Waals surface area contributed by atoms with E-state index in [0.717, 1.165) is 38.8 Å². The van der Waals surface area contributed by atoms with Gasteiger partial charge in [-0.25, -0.2) is 0 Å². The van der Waals surface area contributed by atoms with E-state index in [1.54, 1.807) is 20.2 Å². The van der Waals surface area contributed by atoms with Gasteiger partial charge in [-0.2, -0.15) is 5.26 Å². The lowest BCUT2D eigenvalue weighted by Crippen LogP contribution is -2.43. The summed E-state index contributed by atoms with van der Waals surface area (Å²) in [5.41, 5.74) is 0. The Balaban J connectivity index is 0. The van der Waals surface area contributed by atoms with Gasteiger partial charge in [0.05, 0.1) is 19.2 Å². The van der Waals surface area contributed by atoms with Crippen LogP contribution < -0.4 is 10.6 Å². The normalized spacial score (nSPS) is 14.0. The molecule has 7 nitrogen and oxygen atoms in total. The summed E-state index contributed by atoms with van der Waals surface area (Å²) in [5.74, 6) is 1.61. The van der Waals surface area contributed by atoms with Gasteiger partial charge < -0.3 is 20.3 Å². The average Bonchev–Trinajstić information content (AvgIpc) is 2.75. The van der Waals surface area contributed by atoms with Crippen molar-refractivity contribution in [1.29, 1.82) is 5.26 Å². The maximum atomic E-state index is 11.3. The number of nitriles is 1. The number of carbonyl (C=O) groups is 2. The van der Waals surface area contributed by atoms with Crippen LogP contribution in [0.3, 0.4) is 0 Å². The zero-order chi connectivity index (χ0) is 22.7. The fourth-order valence-corrected chi connectivity index (χ4v) is 2.42. The zero-order valence-corrected chi connectivity index (χ0v) is 18.4. The van der Waals surface area contributed by atoms with Gasteiger partial charge in [-0.15, -0.1) is 6.58 Å². The molecule has 2 N–H and O–H groups in total. The Morgan fingerprint density at radius 1 is 1.34 bits per heavy atom. The first-order valence-electron chi connectivity index (χ1n) is 9.78. The smallest absolute Gasteiger partial charge is 0.237 e. The highest BCUT2D eigenvalue weighted by Crippen LogP contribution is 2.15. The number of ether oxygens (including phenoxy) is 1. The van der Waals surface area contributed by atoms with Gasteiger partial charge in [-0.3, -0.25) is 9.59 Å². The average molecular weight is 407 g/mol. The van der Waals surface area contributed by atoms with E-state index in [1.807, 2.05) is 17.0 Å². The first kappa shape index (κ1) is 28.6. The minimum Gasteiger partial charge on any atom is -0.497 e. The lowest BCUT2D eigenvalue weighted by molar-refractivity contribution is -0.123. The van der Waals surface area contributed by atoms with E-state index >= 15 is 0 Å². The van der Waals surface area contributed by atoms with Crippen molar-refractivity contribution in [3.05, 3.63) is 37.6 Å². The quantitative estimate of drug-likeness (QED) is 0.202. The molecule has 7 heteroatoms. The van der Waals surface area contributed by atoms with Gasteiger partial charge in [0, 0.05) is 13.1 Å². The van der Waals surface area contributed by atoms with E-state index in [0.29, 0.717) is 17.6 Å². The lowest BCUT2D eigenvalue weighted by atomic mass is 9.98. The highest BCUT2D eigenvalue weighted by Gasteiger charge is 2.16. The third-order valence-corrected chi connectivity index (χ3v) is 4.26. The van der Waals surface area contributed by atoms with Gasteiger partial charge in [0.15, 0.2) is 0 Å². The summed E-state index contributed by atoms with van der Waals surface area (Å²) >= 11 is 0. The van der Waals surface area contributed by atoms with E-state index in [-0.39, 0.29) is 18.5 Å². The maximum absolute atomic E-state index is 11.3. The maximum Gasteiger partial charge on any atom is 0.237 e. The first-order valence-corrected chi connectivity index (χ1v) is 9.78. The molecule has 2 amide bonds. The second kappa shape index (κ2) is 18.8. The van der Waals surface area contributed by atoms with Crippen LogP contribution in [0.25, 0.3) is 0 Å². The van der Waals surface area contributed by atoms with E-state index in [1.165, 1.54) is 0 Å². The molecular formula is C22H38N4O3. The molecule has 0 bridgehead atoms. The highest BCUT2D eigenvalue weighted by atomic mass is 16.5. The third kappa shape index (κ3) is 16.1. The molecule has 0 aromatic rings. The van der Waals surface area contributed by atoms with Crippen LogP contribution in [0.1, 0.15) is 33.1 Å². The van der Waals surface area contributed by atoms with Crippen molar-refractivity contribution in [3.63, 3.8) is 0 Å². The Bertz CT molecular complexity index is 517. The summed E-state index contributed by atoms with van der Waals surface area (Å²) in [4.78, 5) is 23.4. The Labute approximate surface area is 176 Å². The molecule has 1 aliphatic rings. The number of likely N-dealkylation sites (N-methyl/N-ethyl adjacent to an activating group) is 1.